The van der Waals surface area contributed by atoms with Gasteiger partial charge < -0.3 is 14.9 Å². The molecule has 1 unspecified atom stereocenters. The second-order valence-corrected chi connectivity index (χ2v) is 5.78. The van der Waals surface area contributed by atoms with Crippen LogP contribution < -0.4 is 4.90 Å². The Kier molecular flexibility index (Phi) is 5.82. The Bertz CT molecular complexity index is 449. The van der Waals surface area contributed by atoms with E-state index in [0.29, 0.717) is 5.56 Å². The van der Waals surface area contributed by atoms with Gasteiger partial charge in [0.15, 0.2) is 0 Å². The summed E-state index contributed by atoms with van der Waals surface area (Å²) < 4.78 is 0.782. The van der Waals surface area contributed by atoms with Gasteiger partial charge in [-0.1, -0.05) is 15.9 Å². The number of carboxylic acids is 1. The van der Waals surface area contributed by atoms with Gasteiger partial charge in [-0.15, -0.1) is 0 Å². The molecule has 0 bridgehead atoms. The van der Waals surface area contributed by atoms with Crippen molar-refractivity contribution in [1.29, 1.82) is 0 Å². The summed E-state index contributed by atoms with van der Waals surface area (Å²) in [6.07, 6.45) is 0. The summed E-state index contributed by atoms with van der Waals surface area (Å²) in [6.45, 7) is 5.80. The van der Waals surface area contributed by atoms with E-state index in [9.17, 15) is 9.90 Å². The molecular weight excluding hydrogens is 308 g/mol. The number of carboxylic acid groups (broad SMARTS) is 1. The smallest absolute Gasteiger partial charge is 0.337 e. The maximum absolute atomic E-state index is 11.4. The summed E-state index contributed by atoms with van der Waals surface area (Å²) in [6, 6.07) is 5.65. The van der Waals surface area contributed by atoms with E-state index in [2.05, 4.69) is 32.7 Å². The van der Waals surface area contributed by atoms with Gasteiger partial charge in [0.05, 0.1) is 11.3 Å². The highest BCUT2D eigenvalue weighted by Crippen LogP contribution is 2.26. The molecule has 0 heterocycles. The molecule has 4 nitrogen and oxygen atoms in total. The Morgan fingerprint density at radius 2 is 2.05 bits per heavy atom. The van der Waals surface area contributed by atoms with Crippen LogP contribution in [-0.2, 0) is 0 Å². The van der Waals surface area contributed by atoms with Crippen LogP contribution in [0.1, 0.15) is 24.2 Å². The molecule has 0 radical (unpaired) electrons. The molecule has 1 rings (SSSR count). The second kappa shape index (κ2) is 6.91. The van der Waals surface area contributed by atoms with Crippen LogP contribution in [0.25, 0.3) is 0 Å². The maximum Gasteiger partial charge on any atom is 0.337 e. The molecule has 0 spiro atoms. The molecule has 1 aromatic rings. The van der Waals surface area contributed by atoms with Gasteiger partial charge in [-0.2, -0.15) is 0 Å². The molecule has 1 atom stereocenters. The molecule has 0 aliphatic carbocycles. The third-order valence-electron chi connectivity index (χ3n) is 3.00. The molecule has 1 aromatic carbocycles. The van der Waals surface area contributed by atoms with Gasteiger partial charge in [-0.3, -0.25) is 0 Å². The number of anilines is 1. The quantitative estimate of drug-likeness (QED) is 0.872. The number of likely N-dealkylation sites (N-methyl/N-ethyl adjacent to an activating group) is 2. The molecule has 0 saturated heterocycles. The fourth-order valence-electron chi connectivity index (χ4n) is 2.28. The number of hydrogen-bond donors (Lipinski definition) is 1. The third kappa shape index (κ3) is 4.21. The lowest BCUT2D eigenvalue weighted by Crippen LogP contribution is -2.40. The normalized spacial score (nSPS) is 12.5. The first-order valence-corrected chi connectivity index (χ1v) is 7.10. The Balaban J connectivity index is 3.14. The summed E-state index contributed by atoms with van der Waals surface area (Å²) in [4.78, 5) is 15.6. The average molecular weight is 329 g/mol. The minimum atomic E-state index is -0.896. The first-order chi connectivity index (χ1) is 8.86. The molecule has 0 amide bonds. The van der Waals surface area contributed by atoms with E-state index in [1.165, 1.54) is 0 Å². The van der Waals surface area contributed by atoms with Crippen molar-refractivity contribution in [1.82, 2.24) is 4.90 Å². The zero-order valence-electron chi connectivity index (χ0n) is 11.9. The van der Waals surface area contributed by atoms with Crippen LogP contribution >= 0.6 is 15.9 Å². The molecule has 0 aliphatic heterocycles. The maximum atomic E-state index is 11.4. The highest BCUT2D eigenvalue weighted by molar-refractivity contribution is 9.10. The fourth-order valence-corrected chi connectivity index (χ4v) is 2.64. The third-order valence-corrected chi connectivity index (χ3v) is 3.49. The Morgan fingerprint density at radius 1 is 1.42 bits per heavy atom. The number of rotatable bonds is 6. The minimum absolute atomic E-state index is 0.249. The van der Waals surface area contributed by atoms with Crippen LogP contribution in [0.2, 0.25) is 0 Å². The number of nitrogens with zero attached hydrogens (tertiary/aromatic N) is 2. The number of halogens is 1. The van der Waals surface area contributed by atoms with Crippen molar-refractivity contribution in [3.05, 3.63) is 28.2 Å². The summed E-state index contributed by atoms with van der Waals surface area (Å²) in [5.74, 6) is -0.896. The van der Waals surface area contributed by atoms with Crippen LogP contribution in [0.4, 0.5) is 5.69 Å². The van der Waals surface area contributed by atoms with E-state index < -0.39 is 5.97 Å². The highest BCUT2D eigenvalue weighted by atomic mass is 79.9. The number of hydrogen-bond acceptors (Lipinski definition) is 3. The van der Waals surface area contributed by atoms with Crippen molar-refractivity contribution in [2.24, 2.45) is 0 Å². The summed E-state index contributed by atoms with van der Waals surface area (Å²) >= 11 is 3.32. The summed E-state index contributed by atoms with van der Waals surface area (Å²) in [5.41, 5.74) is 1.11. The van der Waals surface area contributed by atoms with Crippen molar-refractivity contribution in [2.45, 2.75) is 19.9 Å². The van der Waals surface area contributed by atoms with Gasteiger partial charge in [0.25, 0.3) is 0 Å². The van der Waals surface area contributed by atoms with Crippen molar-refractivity contribution in [3.63, 3.8) is 0 Å². The topological polar surface area (TPSA) is 43.8 Å². The minimum Gasteiger partial charge on any atom is -0.478 e. The lowest BCUT2D eigenvalue weighted by atomic mass is 10.1. The van der Waals surface area contributed by atoms with E-state index in [4.69, 9.17) is 0 Å². The van der Waals surface area contributed by atoms with Crippen LogP contribution in [0.5, 0.6) is 0 Å². The lowest BCUT2D eigenvalue weighted by molar-refractivity contribution is 0.0697. The Labute approximate surface area is 123 Å². The van der Waals surface area contributed by atoms with E-state index in [1.807, 2.05) is 33.2 Å². The van der Waals surface area contributed by atoms with Gasteiger partial charge in [0, 0.05) is 23.6 Å². The summed E-state index contributed by atoms with van der Waals surface area (Å²) in [5, 5.41) is 9.34. The SMILES string of the molecule is CCN(c1ccc(Br)cc1C(=O)O)C(C)CN(C)C. The van der Waals surface area contributed by atoms with Crippen molar-refractivity contribution >= 4 is 27.6 Å². The molecule has 106 valence electrons. The molecule has 5 heteroatoms. The largest absolute Gasteiger partial charge is 0.478 e. The summed E-state index contributed by atoms with van der Waals surface area (Å²) in [7, 11) is 4.04. The first kappa shape index (κ1) is 16.0. The molecule has 0 aliphatic rings. The predicted molar refractivity (Wildman–Crippen MR) is 82.1 cm³/mol. The van der Waals surface area contributed by atoms with E-state index in [-0.39, 0.29) is 6.04 Å². The average Bonchev–Trinajstić information content (AvgIpc) is 2.30. The molecule has 0 fully saturated rings. The number of benzene rings is 1. The van der Waals surface area contributed by atoms with E-state index >= 15 is 0 Å². The van der Waals surface area contributed by atoms with Crippen molar-refractivity contribution < 1.29 is 9.90 Å². The Hall–Kier alpha value is -1.07. The zero-order chi connectivity index (χ0) is 14.6. The predicted octanol–water partition coefficient (Wildman–Crippen LogP) is 2.92. The molecular formula is C14H21BrN2O2. The molecule has 0 saturated carbocycles. The second-order valence-electron chi connectivity index (χ2n) is 4.86. The van der Waals surface area contributed by atoms with Crippen LogP contribution in [0.15, 0.2) is 22.7 Å². The monoisotopic (exact) mass is 328 g/mol. The molecule has 19 heavy (non-hydrogen) atoms. The van der Waals surface area contributed by atoms with Gasteiger partial charge in [0.1, 0.15) is 0 Å². The van der Waals surface area contributed by atoms with E-state index in [1.54, 1.807) is 6.07 Å². The van der Waals surface area contributed by atoms with Crippen molar-refractivity contribution in [2.75, 3.05) is 32.1 Å². The molecule has 0 aromatic heterocycles. The van der Waals surface area contributed by atoms with E-state index in [0.717, 1.165) is 23.2 Å². The standard InChI is InChI=1S/C14H21BrN2O2/c1-5-17(10(2)9-16(3)4)13-7-6-11(15)8-12(13)14(18)19/h6-8,10H,5,9H2,1-4H3,(H,18,19). The molecule has 1 N–H and O–H groups in total. The van der Waals surface area contributed by atoms with Gasteiger partial charge in [-0.25, -0.2) is 4.79 Å². The van der Waals surface area contributed by atoms with Gasteiger partial charge in [-0.05, 0) is 46.1 Å². The van der Waals surface area contributed by atoms with Gasteiger partial charge >= 0.3 is 5.97 Å². The number of aromatic carboxylic acids is 1. The Morgan fingerprint density at radius 3 is 2.53 bits per heavy atom. The lowest BCUT2D eigenvalue weighted by Gasteiger charge is -2.33. The highest BCUT2D eigenvalue weighted by Gasteiger charge is 2.20. The first-order valence-electron chi connectivity index (χ1n) is 6.31. The van der Waals surface area contributed by atoms with Crippen LogP contribution in [-0.4, -0.2) is 49.2 Å². The van der Waals surface area contributed by atoms with Crippen LogP contribution in [0.3, 0.4) is 0 Å². The number of carbonyl (C=O) groups is 1. The van der Waals surface area contributed by atoms with Gasteiger partial charge in [0.2, 0.25) is 0 Å². The fraction of sp³-hybridized carbons (Fsp3) is 0.500. The zero-order valence-corrected chi connectivity index (χ0v) is 13.4. The van der Waals surface area contributed by atoms with Crippen LogP contribution in [0, 0.1) is 0 Å². The van der Waals surface area contributed by atoms with Crippen molar-refractivity contribution in [3.8, 4) is 0 Å².